The van der Waals surface area contributed by atoms with Gasteiger partial charge in [0.2, 0.25) is 0 Å². The van der Waals surface area contributed by atoms with Crippen LogP contribution in [0.4, 0.5) is 15.3 Å². The predicted octanol–water partition coefficient (Wildman–Crippen LogP) is 2.20. The van der Waals surface area contributed by atoms with Gasteiger partial charge in [-0.25, -0.2) is 9.59 Å². The van der Waals surface area contributed by atoms with Crippen LogP contribution in [-0.4, -0.2) is 36.7 Å². The number of ether oxygens (including phenoxy) is 1. The molecule has 0 atom stereocenters. The maximum Gasteiger partial charge on any atom is 0.405 e. The number of carbonyl (C=O) groups is 2. The number of nitrogens with two attached hydrogens (primary N) is 1. The van der Waals surface area contributed by atoms with Crippen molar-refractivity contribution in [3.63, 3.8) is 0 Å². The van der Waals surface area contributed by atoms with E-state index in [0.29, 0.717) is 12.1 Å². The molecule has 6 nitrogen and oxygen atoms in total. The van der Waals surface area contributed by atoms with Crippen molar-refractivity contribution in [2.45, 2.75) is 25.9 Å². The third-order valence-electron chi connectivity index (χ3n) is 2.59. The number of benzene rings is 1. The summed E-state index contributed by atoms with van der Waals surface area (Å²) in [6.45, 7) is 3.56. The minimum absolute atomic E-state index is 0.199. The van der Waals surface area contributed by atoms with Crippen molar-refractivity contribution in [1.82, 2.24) is 4.90 Å². The maximum atomic E-state index is 11.6. The molecule has 0 aliphatic heterocycles. The van der Waals surface area contributed by atoms with Gasteiger partial charge in [0.25, 0.3) is 0 Å². The van der Waals surface area contributed by atoms with Gasteiger partial charge in [0.05, 0.1) is 0 Å². The molecule has 0 saturated heterocycles. The molecule has 0 aliphatic rings. The zero-order valence-corrected chi connectivity index (χ0v) is 12.3. The van der Waals surface area contributed by atoms with Crippen LogP contribution in [0.25, 0.3) is 0 Å². The Morgan fingerprint density at radius 1 is 1.35 bits per heavy atom. The van der Waals surface area contributed by atoms with E-state index < -0.39 is 11.7 Å². The molecule has 0 fully saturated rings. The van der Waals surface area contributed by atoms with E-state index in [1.807, 2.05) is 18.2 Å². The lowest BCUT2D eigenvalue weighted by molar-refractivity contribution is 0.0460. The number of nitrogens with zero attached hydrogens (tertiary/aromatic N) is 1. The summed E-state index contributed by atoms with van der Waals surface area (Å²) in [7, 11) is 3.34. The van der Waals surface area contributed by atoms with Gasteiger partial charge in [-0.1, -0.05) is 12.1 Å². The molecule has 20 heavy (non-hydrogen) atoms. The fraction of sp³-hybridized carbons (Fsp3) is 0.429. The third-order valence-corrected chi connectivity index (χ3v) is 2.59. The van der Waals surface area contributed by atoms with Crippen molar-refractivity contribution < 1.29 is 14.3 Å². The fourth-order valence-electron chi connectivity index (χ4n) is 1.79. The van der Waals surface area contributed by atoms with Crippen molar-refractivity contribution in [3.05, 3.63) is 29.8 Å². The van der Waals surface area contributed by atoms with Gasteiger partial charge in [-0.3, -0.25) is 0 Å². The number of urea groups is 1. The lowest BCUT2D eigenvalue weighted by atomic mass is 9.98. The van der Waals surface area contributed by atoms with Gasteiger partial charge in [-0.15, -0.1) is 0 Å². The van der Waals surface area contributed by atoms with Crippen molar-refractivity contribution >= 4 is 17.8 Å². The summed E-state index contributed by atoms with van der Waals surface area (Å²) >= 11 is 0. The summed E-state index contributed by atoms with van der Waals surface area (Å²) in [6.07, 6.45) is -0.297. The molecule has 0 aliphatic carbocycles. The Balaban J connectivity index is 2.78. The molecule has 0 heterocycles. The Hall–Kier alpha value is -2.24. The van der Waals surface area contributed by atoms with Gasteiger partial charge in [0.1, 0.15) is 5.60 Å². The second-order valence-electron chi connectivity index (χ2n) is 5.38. The molecule has 1 aromatic rings. The van der Waals surface area contributed by atoms with Gasteiger partial charge < -0.3 is 20.7 Å². The molecule has 110 valence electrons. The van der Waals surface area contributed by atoms with E-state index in [1.54, 1.807) is 34.0 Å². The number of primary amides is 1. The largest absolute Gasteiger partial charge is 0.443 e. The van der Waals surface area contributed by atoms with Crippen molar-refractivity contribution in [2.24, 2.45) is 5.73 Å². The molecule has 3 N–H and O–H groups in total. The minimum atomic E-state index is -0.799. The standard InChI is InChI=1S/C14H21N3O3/c1-14(2,20-12(15)18)9-10-6-5-7-11(8-10)16-13(19)17(3)4/h5-8H,9H2,1-4H3,(H2,15,18)(H,16,19). The average molecular weight is 279 g/mol. The highest BCUT2D eigenvalue weighted by atomic mass is 16.6. The minimum Gasteiger partial charge on any atom is -0.443 e. The number of hydrogen-bond acceptors (Lipinski definition) is 3. The smallest absolute Gasteiger partial charge is 0.405 e. The summed E-state index contributed by atoms with van der Waals surface area (Å²) in [5.41, 5.74) is 5.97. The van der Waals surface area contributed by atoms with Crippen LogP contribution < -0.4 is 11.1 Å². The zero-order chi connectivity index (χ0) is 15.3. The molecule has 0 unspecified atom stereocenters. The van der Waals surface area contributed by atoms with Crippen molar-refractivity contribution in [3.8, 4) is 0 Å². The van der Waals surface area contributed by atoms with Gasteiger partial charge in [-0.2, -0.15) is 0 Å². The van der Waals surface area contributed by atoms with E-state index >= 15 is 0 Å². The lowest BCUT2D eigenvalue weighted by Crippen LogP contribution is -2.33. The molecule has 0 aromatic heterocycles. The van der Waals surface area contributed by atoms with E-state index in [-0.39, 0.29) is 6.03 Å². The van der Waals surface area contributed by atoms with Crippen LogP contribution in [0.1, 0.15) is 19.4 Å². The van der Waals surface area contributed by atoms with E-state index in [2.05, 4.69) is 5.32 Å². The number of anilines is 1. The summed E-state index contributed by atoms with van der Waals surface area (Å²) < 4.78 is 5.04. The average Bonchev–Trinajstić information content (AvgIpc) is 2.26. The van der Waals surface area contributed by atoms with Crippen molar-refractivity contribution in [1.29, 1.82) is 0 Å². The molecule has 0 spiro atoms. The normalized spacial score (nSPS) is 10.8. The summed E-state index contributed by atoms with van der Waals surface area (Å²) in [5, 5.41) is 2.76. The molecule has 1 aromatic carbocycles. The van der Waals surface area contributed by atoms with Crippen LogP contribution in [0.2, 0.25) is 0 Å². The monoisotopic (exact) mass is 279 g/mol. The molecule has 3 amide bonds. The Morgan fingerprint density at radius 2 is 2.00 bits per heavy atom. The third kappa shape index (κ3) is 5.17. The van der Waals surface area contributed by atoms with Crippen LogP contribution in [-0.2, 0) is 11.2 Å². The molecule has 0 bridgehead atoms. The molecule has 6 heteroatoms. The highest BCUT2D eigenvalue weighted by Gasteiger charge is 2.22. The van der Waals surface area contributed by atoms with E-state index in [0.717, 1.165) is 5.56 Å². The topological polar surface area (TPSA) is 84.7 Å². The van der Waals surface area contributed by atoms with Crippen LogP contribution in [0.5, 0.6) is 0 Å². The quantitative estimate of drug-likeness (QED) is 0.886. The van der Waals surface area contributed by atoms with Gasteiger partial charge in [-0.05, 0) is 31.5 Å². The predicted molar refractivity (Wildman–Crippen MR) is 77.6 cm³/mol. The van der Waals surface area contributed by atoms with E-state index in [9.17, 15) is 9.59 Å². The first kappa shape index (κ1) is 15.8. The number of hydrogen-bond donors (Lipinski definition) is 2. The zero-order valence-electron chi connectivity index (χ0n) is 12.3. The summed E-state index contributed by atoms with van der Waals surface area (Å²) in [6, 6.07) is 7.17. The Kier molecular flexibility index (Phi) is 4.96. The highest BCUT2D eigenvalue weighted by molar-refractivity contribution is 5.88. The molecule has 1 rings (SSSR count). The van der Waals surface area contributed by atoms with Gasteiger partial charge >= 0.3 is 12.1 Å². The van der Waals surface area contributed by atoms with Crippen LogP contribution in [0, 0.1) is 0 Å². The Labute approximate surface area is 118 Å². The molecular weight excluding hydrogens is 258 g/mol. The highest BCUT2D eigenvalue weighted by Crippen LogP contribution is 2.19. The van der Waals surface area contributed by atoms with E-state index in [4.69, 9.17) is 10.5 Å². The molecular formula is C14H21N3O3. The maximum absolute atomic E-state index is 11.6. The summed E-state index contributed by atoms with van der Waals surface area (Å²) in [5.74, 6) is 0. The Morgan fingerprint density at radius 3 is 2.55 bits per heavy atom. The van der Waals surface area contributed by atoms with Crippen LogP contribution in [0.3, 0.4) is 0 Å². The molecule has 0 saturated carbocycles. The van der Waals surface area contributed by atoms with Crippen molar-refractivity contribution in [2.75, 3.05) is 19.4 Å². The number of rotatable bonds is 4. The first-order valence-electron chi connectivity index (χ1n) is 6.25. The lowest BCUT2D eigenvalue weighted by Gasteiger charge is -2.24. The first-order chi connectivity index (χ1) is 9.19. The van der Waals surface area contributed by atoms with E-state index in [1.165, 1.54) is 4.90 Å². The number of carbonyl (C=O) groups excluding carboxylic acids is 2. The number of amides is 3. The SMILES string of the molecule is CN(C)C(=O)Nc1cccc(CC(C)(C)OC(N)=O)c1. The first-order valence-corrected chi connectivity index (χ1v) is 6.25. The van der Waals surface area contributed by atoms with Gasteiger partial charge in [0, 0.05) is 26.2 Å². The van der Waals surface area contributed by atoms with Gasteiger partial charge in [0.15, 0.2) is 0 Å². The summed E-state index contributed by atoms with van der Waals surface area (Å²) in [4.78, 5) is 23.9. The van der Waals surface area contributed by atoms with Crippen LogP contribution >= 0.6 is 0 Å². The Bertz CT molecular complexity index is 498. The fourth-order valence-corrected chi connectivity index (χ4v) is 1.79. The number of nitrogens with one attached hydrogen (secondary N) is 1. The molecule has 0 radical (unpaired) electrons. The second-order valence-corrected chi connectivity index (χ2v) is 5.38. The second kappa shape index (κ2) is 6.27. The van der Waals surface area contributed by atoms with Crippen LogP contribution in [0.15, 0.2) is 24.3 Å².